The van der Waals surface area contributed by atoms with Crippen molar-refractivity contribution in [3.8, 4) is 0 Å². The summed E-state index contributed by atoms with van der Waals surface area (Å²) in [6, 6.07) is 7.51. The molecule has 3 fully saturated rings. The molecule has 0 aliphatic carbocycles. The van der Waals surface area contributed by atoms with Crippen molar-refractivity contribution in [1.82, 2.24) is 19.6 Å². The van der Waals surface area contributed by atoms with Crippen LogP contribution in [0.25, 0.3) is 0 Å². The molecule has 7 nitrogen and oxygen atoms in total. The number of ketones is 1. The van der Waals surface area contributed by atoms with Gasteiger partial charge in [-0.3, -0.25) is 9.69 Å². The van der Waals surface area contributed by atoms with E-state index in [1.807, 2.05) is 17.0 Å². The highest BCUT2D eigenvalue weighted by Gasteiger charge is 2.44. The molecule has 0 atom stereocenters. The Hall–Kier alpha value is -2.45. The predicted molar refractivity (Wildman–Crippen MR) is 134 cm³/mol. The van der Waals surface area contributed by atoms with Crippen molar-refractivity contribution in [3.63, 3.8) is 0 Å². The third-order valence-corrected chi connectivity index (χ3v) is 8.26. The van der Waals surface area contributed by atoms with Crippen molar-refractivity contribution in [1.29, 1.82) is 0 Å². The van der Waals surface area contributed by atoms with Crippen molar-refractivity contribution in [2.45, 2.75) is 63.7 Å². The van der Waals surface area contributed by atoms with E-state index in [4.69, 9.17) is 11.6 Å². The van der Waals surface area contributed by atoms with Gasteiger partial charge in [-0.15, -0.1) is 0 Å². The summed E-state index contributed by atoms with van der Waals surface area (Å²) in [6.07, 6.45) is 6.08. The van der Waals surface area contributed by atoms with Gasteiger partial charge in [0.1, 0.15) is 11.9 Å². The van der Waals surface area contributed by atoms with Crippen molar-refractivity contribution < 1.29 is 14.0 Å². The number of hydrogen-bond donors (Lipinski definition) is 0. The maximum atomic E-state index is 13.7. The van der Waals surface area contributed by atoms with Gasteiger partial charge in [0.15, 0.2) is 5.78 Å². The lowest BCUT2D eigenvalue weighted by atomic mass is 9.84. The van der Waals surface area contributed by atoms with Crippen molar-refractivity contribution in [2.24, 2.45) is 0 Å². The lowest BCUT2D eigenvalue weighted by Crippen LogP contribution is -2.53. The predicted octanol–water partition coefficient (Wildman–Crippen LogP) is 4.78. The zero-order valence-corrected chi connectivity index (χ0v) is 21.0. The fraction of sp³-hybridized carbons (Fsp3) is 0.577. The number of aromatic nitrogens is 2. The van der Waals surface area contributed by atoms with E-state index in [1.54, 1.807) is 12.3 Å². The molecule has 9 heteroatoms. The molecule has 0 bridgehead atoms. The first-order valence-corrected chi connectivity index (χ1v) is 13.0. The largest absolute Gasteiger partial charge is 0.371 e. The molecule has 1 spiro atoms. The summed E-state index contributed by atoms with van der Waals surface area (Å²) in [6.45, 7) is 6.08. The van der Waals surface area contributed by atoms with Gasteiger partial charge in [0.2, 0.25) is 0 Å². The lowest BCUT2D eigenvalue weighted by Gasteiger charge is -2.45. The van der Waals surface area contributed by atoms with Crippen LogP contribution in [0.1, 0.15) is 61.5 Å². The van der Waals surface area contributed by atoms with Crippen LogP contribution in [0.2, 0.25) is 5.02 Å². The van der Waals surface area contributed by atoms with Crippen LogP contribution in [0.15, 0.2) is 30.5 Å². The molecule has 35 heavy (non-hydrogen) atoms. The highest BCUT2D eigenvalue weighted by atomic mass is 35.5. The number of likely N-dealkylation sites (tertiary alicyclic amines) is 2. The summed E-state index contributed by atoms with van der Waals surface area (Å²) in [5.41, 5.74) is 2.75. The second-order valence-corrected chi connectivity index (χ2v) is 10.6. The first-order valence-electron chi connectivity index (χ1n) is 12.6. The standard InChI is InChI=1S/C26H33ClFN5O2/c1-19(34)23-7-14-33(29-23)25(35)31-15-9-26(10-16-31)8-2-11-32(26)18-20-3-4-21(27)17-24(20)30-12-5-22(28)6-13-30/h3-4,7,14,17,22H,2,5-6,8-13,15-16,18H2,1H3. The van der Waals surface area contributed by atoms with Crippen LogP contribution in [0, 0.1) is 0 Å². The molecular weight excluding hydrogens is 469 g/mol. The normalized spacial score (nSPS) is 21.1. The van der Waals surface area contributed by atoms with Crippen LogP contribution >= 0.6 is 11.6 Å². The molecule has 4 heterocycles. The van der Waals surface area contributed by atoms with Crippen LogP contribution in [0.3, 0.4) is 0 Å². The summed E-state index contributed by atoms with van der Waals surface area (Å²) in [7, 11) is 0. The number of amides is 1. The molecule has 3 saturated heterocycles. The number of carbonyl (C=O) groups is 2. The zero-order valence-electron chi connectivity index (χ0n) is 20.3. The van der Waals surface area contributed by atoms with Crippen LogP contribution < -0.4 is 4.90 Å². The number of carbonyl (C=O) groups excluding carboxylic acids is 2. The maximum Gasteiger partial charge on any atom is 0.344 e. The third kappa shape index (κ3) is 4.96. The van der Waals surface area contributed by atoms with Gasteiger partial charge in [0, 0.05) is 62.1 Å². The minimum Gasteiger partial charge on any atom is -0.371 e. The summed E-state index contributed by atoms with van der Waals surface area (Å²) in [5, 5.41) is 4.85. The van der Waals surface area contributed by atoms with E-state index in [0.29, 0.717) is 36.6 Å². The van der Waals surface area contributed by atoms with Crippen LogP contribution in [-0.4, -0.2) is 75.8 Å². The van der Waals surface area contributed by atoms with Gasteiger partial charge in [0.05, 0.1) is 0 Å². The quantitative estimate of drug-likeness (QED) is 0.564. The highest BCUT2D eigenvalue weighted by molar-refractivity contribution is 6.30. The fourth-order valence-electron chi connectivity index (χ4n) is 5.94. The monoisotopic (exact) mass is 501 g/mol. The molecule has 0 saturated carbocycles. The summed E-state index contributed by atoms with van der Waals surface area (Å²) in [4.78, 5) is 31.2. The topological polar surface area (TPSA) is 61.7 Å². The third-order valence-electron chi connectivity index (χ3n) is 8.03. The first kappa shape index (κ1) is 24.3. The number of anilines is 1. The first-order chi connectivity index (χ1) is 16.8. The van der Waals surface area contributed by atoms with E-state index < -0.39 is 6.17 Å². The Kier molecular flexibility index (Phi) is 6.86. The molecule has 1 aromatic heterocycles. The second kappa shape index (κ2) is 9.90. The molecule has 3 aliphatic rings. The van der Waals surface area contributed by atoms with Gasteiger partial charge in [-0.25, -0.2) is 9.18 Å². The van der Waals surface area contributed by atoms with E-state index >= 15 is 0 Å². The molecule has 0 N–H and O–H groups in total. The number of alkyl halides is 1. The lowest BCUT2D eigenvalue weighted by molar-refractivity contribution is 0.0585. The van der Waals surface area contributed by atoms with Crippen molar-refractivity contribution in [3.05, 3.63) is 46.7 Å². The molecule has 5 rings (SSSR count). The zero-order chi connectivity index (χ0) is 24.6. The molecular formula is C26H33ClFN5O2. The summed E-state index contributed by atoms with van der Waals surface area (Å²) in [5.74, 6) is -0.147. The van der Waals surface area contributed by atoms with Crippen molar-refractivity contribution >= 4 is 29.1 Å². The minimum atomic E-state index is -0.709. The molecule has 2 aromatic rings. The van der Waals surface area contributed by atoms with E-state index in [0.717, 1.165) is 57.5 Å². The number of piperidine rings is 2. The molecule has 0 radical (unpaired) electrons. The number of hydrogen-bond acceptors (Lipinski definition) is 5. The Bertz CT molecular complexity index is 1090. The Morgan fingerprint density at radius 1 is 1.09 bits per heavy atom. The summed E-state index contributed by atoms with van der Waals surface area (Å²) >= 11 is 6.36. The number of benzene rings is 1. The van der Waals surface area contributed by atoms with E-state index in [-0.39, 0.29) is 17.4 Å². The average Bonchev–Trinajstić information content (AvgIpc) is 3.49. The molecule has 188 valence electrons. The van der Waals surface area contributed by atoms with Gasteiger partial charge in [-0.2, -0.15) is 9.78 Å². The van der Waals surface area contributed by atoms with Gasteiger partial charge >= 0.3 is 6.03 Å². The highest BCUT2D eigenvalue weighted by Crippen LogP contribution is 2.41. The number of nitrogens with zero attached hydrogens (tertiary/aromatic N) is 5. The van der Waals surface area contributed by atoms with Gasteiger partial charge in [-0.1, -0.05) is 17.7 Å². The van der Waals surface area contributed by atoms with E-state index in [9.17, 15) is 14.0 Å². The average molecular weight is 502 g/mol. The van der Waals surface area contributed by atoms with Crippen LogP contribution in [0.4, 0.5) is 14.9 Å². The Balaban J connectivity index is 1.27. The molecule has 1 aromatic carbocycles. The number of halogens is 2. The van der Waals surface area contributed by atoms with Gasteiger partial charge in [0.25, 0.3) is 0 Å². The maximum absolute atomic E-state index is 13.7. The van der Waals surface area contributed by atoms with Gasteiger partial charge in [-0.05, 0) is 68.8 Å². The second-order valence-electron chi connectivity index (χ2n) is 10.2. The van der Waals surface area contributed by atoms with Crippen LogP contribution in [0.5, 0.6) is 0 Å². The van der Waals surface area contributed by atoms with E-state index in [1.165, 1.54) is 17.2 Å². The number of Topliss-reactive ketones (excluding diaryl/α,β-unsaturated/α-hetero) is 1. The SMILES string of the molecule is CC(=O)c1ccn(C(=O)N2CCC3(CCCN3Cc3ccc(Cl)cc3N3CCC(F)CC3)CC2)n1. The fourth-order valence-corrected chi connectivity index (χ4v) is 6.11. The number of rotatable bonds is 4. The molecule has 3 aliphatic heterocycles. The van der Waals surface area contributed by atoms with E-state index in [2.05, 4.69) is 21.0 Å². The van der Waals surface area contributed by atoms with Crippen LogP contribution in [-0.2, 0) is 6.54 Å². The molecule has 1 amide bonds. The Morgan fingerprint density at radius 3 is 2.51 bits per heavy atom. The minimum absolute atomic E-state index is 0.0777. The Morgan fingerprint density at radius 2 is 1.83 bits per heavy atom. The smallest absolute Gasteiger partial charge is 0.344 e. The Labute approximate surface area is 210 Å². The van der Waals surface area contributed by atoms with Crippen molar-refractivity contribution in [2.75, 3.05) is 37.6 Å². The van der Waals surface area contributed by atoms with Gasteiger partial charge < -0.3 is 9.80 Å². The molecule has 0 unspecified atom stereocenters. The summed E-state index contributed by atoms with van der Waals surface area (Å²) < 4.78 is 15.0.